The molecule has 2 N–H and O–H groups in total. The zero-order valence-electron chi connectivity index (χ0n) is 11.0. The Morgan fingerprint density at radius 1 is 1.31 bits per heavy atom. The van der Waals surface area contributed by atoms with E-state index >= 15 is 0 Å². The van der Waals surface area contributed by atoms with E-state index in [1.807, 2.05) is 0 Å². The summed E-state index contributed by atoms with van der Waals surface area (Å²) >= 11 is 5.36. The summed E-state index contributed by atoms with van der Waals surface area (Å²) in [7, 11) is 0. The van der Waals surface area contributed by atoms with Gasteiger partial charge in [-0.15, -0.1) is 0 Å². The second kappa shape index (κ2) is 6.43. The maximum Gasteiger partial charge on any atom is 0.166 e. The lowest BCUT2D eigenvalue weighted by Gasteiger charge is -2.36. The van der Waals surface area contributed by atoms with Crippen molar-refractivity contribution in [3.05, 3.63) is 0 Å². The van der Waals surface area contributed by atoms with Crippen LogP contribution in [0.1, 0.15) is 53.4 Å². The largest absolute Gasteiger partial charge is 0.360 e. The highest BCUT2D eigenvalue weighted by molar-refractivity contribution is 7.80. The minimum absolute atomic E-state index is 0.467. The Balaban J connectivity index is 2.42. The molecule has 0 amide bonds. The summed E-state index contributed by atoms with van der Waals surface area (Å²) in [4.78, 5) is 0. The highest BCUT2D eigenvalue weighted by Crippen LogP contribution is 2.28. The molecule has 1 fully saturated rings. The molecule has 0 radical (unpaired) electrons. The fourth-order valence-electron chi connectivity index (χ4n) is 2.49. The SMILES string of the molecule is CCC(C)NC(=S)NC1C(C)CCCC1C. The summed E-state index contributed by atoms with van der Waals surface area (Å²) in [5.74, 6) is 1.47. The third-order valence-electron chi connectivity index (χ3n) is 3.83. The van der Waals surface area contributed by atoms with Gasteiger partial charge in [-0.05, 0) is 50.2 Å². The number of rotatable bonds is 3. The van der Waals surface area contributed by atoms with Crippen molar-refractivity contribution < 1.29 is 0 Å². The summed E-state index contributed by atoms with van der Waals surface area (Å²) in [5.41, 5.74) is 0. The Hall–Kier alpha value is -0.310. The molecule has 3 heteroatoms. The molecule has 0 aromatic rings. The Bertz CT molecular complexity index is 220. The first-order chi connectivity index (χ1) is 7.54. The van der Waals surface area contributed by atoms with E-state index in [9.17, 15) is 0 Å². The van der Waals surface area contributed by atoms with Crippen molar-refractivity contribution in [1.82, 2.24) is 10.6 Å². The third-order valence-corrected chi connectivity index (χ3v) is 4.07. The van der Waals surface area contributed by atoms with Crippen LogP contribution in [-0.4, -0.2) is 17.2 Å². The van der Waals surface area contributed by atoms with E-state index in [2.05, 4.69) is 38.3 Å². The van der Waals surface area contributed by atoms with Gasteiger partial charge in [0.2, 0.25) is 0 Å². The van der Waals surface area contributed by atoms with Crippen molar-refractivity contribution in [1.29, 1.82) is 0 Å². The maximum absolute atomic E-state index is 5.36. The molecule has 0 spiro atoms. The monoisotopic (exact) mass is 242 g/mol. The molecule has 3 unspecified atom stereocenters. The molecule has 0 bridgehead atoms. The summed E-state index contributed by atoms with van der Waals surface area (Å²) in [6, 6.07) is 1.02. The van der Waals surface area contributed by atoms with Crippen molar-refractivity contribution >= 4 is 17.3 Å². The van der Waals surface area contributed by atoms with E-state index < -0.39 is 0 Å². The van der Waals surface area contributed by atoms with E-state index in [1.165, 1.54) is 19.3 Å². The van der Waals surface area contributed by atoms with Crippen LogP contribution in [0.5, 0.6) is 0 Å². The molecule has 1 aliphatic rings. The third kappa shape index (κ3) is 3.93. The topological polar surface area (TPSA) is 24.1 Å². The van der Waals surface area contributed by atoms with Crippen molar-refractivity contribution in [2.75, 3.05) is 0 Å². The van der Waals surface area contributed by atoms with Crippen LogP contribution >= 0.6 is 12.2 Å². The maximum atomic E-state index is 5.36. The fourth-order valence-corrected chi connectivity index (χ4v) is 2.82. The first kappa shape index (κ1) is 13.8. The summed E-state index contributed by atoms with van der Waals surface area (Å²) < 4.78 is 0. The summed E-state index contributed by atoms with van der Waals surface area (Å²) in [5, 5.41) is 7.68. The lowest BCUT2D eigenvalue weighted by molar-refractivity contribution is 0.230. The van der Waals surface area contributed by atoms with E-state index in [0.717, 1.165) is 23.4 Å². The van der Waals surface area contributed by atoms with Gasteiger partial charge in [-0.1, -0.05) is 27.2 Å². The van der Waals surface area contributed by atoms with Crippen LogP contribution in [0.25, 0.3) is 0 Å². The zero-order valence-corrected chi connectivity index (χ0v) is 11.9. The van der Waals surface area contributed by atoms with Crippen LogP contribution in [0.4, 0.5) is 0 Å². The number of thiocarbonyl (C=S) groups is 1. The van der Waals surface area contributed by atoms with Crippen LogP contribution in [-0.2, 0) is 0 Å². The van der Waals surface area contributed by atoms with Gasteiger partial charge < -0.3 is 10.6 Å². The van der Waals surface area contributed by atoms with Gasteiger partial charge >= 0.3 is 0 Å². The van der Waals surface area contributed by atoms with Crippen LogP contribution in [0, 0.1) is 11.8 Å². The van der Waals surface area contributed by atoms with E-state index in [4.69, 9.17) is 12.2 Å². The quantitative estimate of drug-likeness (QED) is 0.744. The van der Waals surface area contributed by atoms with Gasteiger partial charge in [-0.25, -0.2) is 0 Å². The van der Waals surface area contributed by atoms with Crippen molar-refractivity contribution in [3.8, 4) is 0 Å². The fraction of sp³-hybridized carbons (Fsp3) is 0.923. The van der Waals surface area contributed by atoms with Crippen molar-refractivity contribution in [2.45, 2.75) is 65.5 Å². The first-order valence-corrected chi connectivity index (χ1v) is 7.02. The Kier molecular flexibility index (Phi) is 5.53. The standard InChI is InChI=1S/C13H26N2S/c1-5-11(4)14-13(16)15-12-9(2)7-6-8-10(12)3/h9-12H,5-8H2,1-4H3,(H2,14,15,16). The average molecular weight is 242 g/mol. The molecule has 2 nitrogen and oxygen atoms in total. The Morgan fingerprint density at radius 2 is 1.88 bits per heavy atom. The minimum Gasteiger partial charge on any atom is -0.360 e. The zero-order chi connectivity index (χ0) is 12.1. The second-order valence-electron chi connectivity index (χ2n) is 5.34. The predicted octanol–water partition coefficient (Wildman–Crippen LogP) is 3.07. The Morgan fingerprint density at radius 3 is 2.38 bits per heavy atom. The van der Waals surface area contributed by atoms with Gasteiger partial charge in [0, 0.05) is 12.1 Å². The summed E-state index contributed by atoms with van der Waals surface area (Å²) in [6.07, 6.45) is 5.13. The molecule has 0 aromatic heterocycles. The van der Waals surface area contributed by atoms with Crippen molar-refractivity contribution in [3.63, 3.8) is 0 Å². The van der Waals surface area contributed by atoms with Gasteiger partial charge in [0.05, 0.1) is 0 Å². The van der Waals surface area contributed by atoms with Gasteiger partial charge in [-0.3, -0.25) is 0 Å². The first-order valence-electron chi connectivity index (χ1n) is 6.61. The number of hydrogen-bond donors (Lipinski definition) is 2. The predicted molar refractivity (Wildman–Crippen MR) is 74.6 cm³/mol. The highest BCUT2D eigenvalue weighted by Gasteiger charge is 2.28. The lowest BCUT2D eigenvalue weighted by atomic mass is 9.79. The van der Waals surface area contributed by atoms with Crippen LogP contribution in [0.2, 0.25) is 0 Å². The molecule has 16 heavy (non-hydrogen) atoms. The minimum atomic E-state index is 0.467. The van der Waals surface area contributed by atoms with Crippen LogP contribution in [0.3, 0.4) is 0 Å². The lowest BCUT2D eigenvalue weighted by Crippen LogP contribution is -2.51. The van der Waals surface area contributed by atoms with Gasteiger partial charge in [0.1, 0.15) is 0 Å². The number of nitrogens with one attached hydrogen (secondary N) is 2. The van der Waals surface area contributed by atoms with E-state index in [0.29, 0.717) is 12.1 Å². The molecule has 0 aromatic carbocycles. The van der Waals surface area contributed by atoms with Crippen LogP contribution < -0.4 is 10.6 Å². The molecule has 1 rings (SSSR count). The molecule has 0 heterocycles. The van der Waals surface area contributed by atoms with Gasteiger partial charge in [0.25, 0.3) is 0 Å². The number of hydrogen-bond acceptors (Lipinski definition) is 1. The average Bonchev–Trinajstić information content (AvgIpc) is 2.23. The van der Waals surface area contributed by atoms with Crippen molar-refractivity contribution in [2.24, 2.45) is 11.8 Å². The molecular weight excluding hydrogens is 216 g/mol. The Labute approximate surface area is 106 Å². The smallest absolute Gasteiger partial charge is 0.166 e. The molecule has 94 valence electrons. The molecule has 0 saturated heterocycles. The molecule has 3 atom stereocenters. The molecular formula is C13H26N2S. The van der Waals surface area contributed by atoms with E-state index in [1.54, 1.807) is 0 Å². The molecule has 1 saturated carbocycles. The second-order valence-corrected chi connectivity index (χ2v) is 5.75. The summed E-state index contributed by atoms with van der Waals surface area (Å²) in [6.45, 7) is 9.01. The van der Waals surface area contributed by atoms with E-state index in [-0.39, 0.29) is 0 Å². The van der Waals surface area contributed by atoms with Crippen LogP contribution in [0.15, 0.2) is 0 Å². The molecule has 1 aliphatic carbocycles. The van der Waals surface area contributed by atoms with Gasteiger partial charge in [-0.2, -0.15) is 0 Å². The normalized spacial score (nSPS) is 31.9. The molecule has 0 aliphatic heterocycles. The highest BCUT2D eigenvalue weighted by atomic mass is 32.1. The van der Waals surface area contributed by atoms with Gasteiger partial charge in [0.15, 0.2) is 5.11 Å².